The highest BCUT2D eigenvalue weighted by molar-refractivity contribution is 5.84. The van der Waals surface area contributed by atoms with Gasteiger partial charge in [0.25, 0.3) is 0 Å². The van der Waals surface area contributed by atoms with Crippen molar-refractivity contribution in [3.8, 4) is 0 Å². The Balaban J connectivity index is 1.90. The molecule has 0 spiro atoms. The summed E-state index contributed by atoms with van der Waals surface area (Å²) in [4.78, 5) is 23.1. The second-order valence-corrected chi connectivity index (χ2v) is 5.16. The SMILES string of the molecule is N[C@@H](Cc1ccccc1)C(=O)N[C@@H]([C]=O)Cc1ccccc1. The summed E-state index contributed by atoms with van der Waals surface area (Å²) < 4.78 is 0. The molecule has 0 saturated carbocycles. The van der Waals surface area contributed by atoms with Crippen LogP contribution in [0.1, 0.15) is 11.1 Å². The first-order valence-corrected chi connectivity index (χ1v) is 7.20. The van der Waals surface area contributed by atoms with Gasteiger partial charge in [0, 0.05) is 6.42 Å². The van der Waals surface area contributed by atoms with Crippen LogP contribution in [0.15, 0.2) is 60.7 Å². The molecule has 0 aliphatic heterocycles. The van der Waals surface area contributed by atoms with Gasteiger partial charge in [-0.3, -0.25) is 9.59 Å². The zero-order valence-electron chi connectivity index (χ0n) is 12.2. The van der Waals surface area contributed by atoms with E-state index in [-0.39, 0.29) is 5.91 Å². The minimum absolute atomic E-state index is 0.340. The van der Waals surface area contributed by atoms with Crippen molar-refractivity contribution < 1.29 is 9.59 Å². The van der Waals surface area contributed by atoms with Crippen LogP contribution in [0.3, 0.4) is 0 Å². The van der Waals surface area contributed by atoms with Gasteiger partial charge in [0.2, 0.25) is 12.2 Å². The smallest absolute Gasteiger partial charge is 0.237 e. The van der Waals surface area contributed by atoms with Crippen LogP contribution < -0.4 is 11.1 Å². The van der Waals surface area contributed by atoms with Crippen LogP contribution in [0.4, 0.5) is 0 Å². The molecule has 2 aromatic carbocycles. The highest BCUT2D eigenvalue weighted by Crippen LogP contribution is 2.04. The number of rotatable bonds is 7. The van der Waals surface area contributed by atoms with Crippen LogP contribution in [0.2, 0.25) is 0 Å². The Labute approximate surface area is 130 Å². The molecule has 1 radical (unpaired) electrons. The van der Waals surface area contributed by atoms with Gasteiger partial charge in [-0.15, -0.1) is 0 Å². The molecule has 2 atom stereocenters. The molecule has 0 unspecified atom stereocenters. The molecule has 2 aromatic rings. The van der Waals surface area contributed by atoms with Gasteiger partial charge < -0.3 is 11.1 Å². The normalized spacial score (nSPS) is 13.1. The standard InChI is InChI=1S/C18H19N2O2/c19-17(12-15-9-5-2-6-10-15)18(22)20-16(13-21)11-14-7-3-1-4-8-14/h1-10,16-17H,11-12,19H2,(H,20,22)/t16-,17+/m1/s1. The lowest BCUT2D eigenvalue weighted by Crippen LogP contribution is -2.47. The van der Waals surface area contributed by atoms with Crippen LogP contribution >= 0.6 is 0 Å². The maximum atomic E-state index is 12.1. The van der Waals surface area contributed by atoms with E-state index in [9.17, 15) is 9.59 Å². The fourth-order valence-electron chi connectivity index (χ4n) is 2.21. The largest absolute Gasteiger partial charge is 0.344 e. The van der Waals surface area contributed by atoms with Gasteiger partial charge >= 0.3 is 0 Å². The molecule has 2 rings (SSSR count). The molecule has 0 bridgehead atoms. The highest BCUT2D eigenvalue weighted by atomic mass is 16.2. The fraction of sp³-hybridized carbons (Fsp3) is 0.222. The van der Waals surface area contributed by atoms with Crippen molar-refractivity contribution in [2.24, 2.45) is 5.73 Å². The average Bonchev–Trinajstić information content (AvgIpc) is 2.56. The van der Waals surface area contributed by atoms with Crippen molar-refractivity contribution >= 4 is 12.2 Å². The minimum Gasteiger partial charge on any atom is -0.344 e. The lowest BCUT2D eigenvalue weighted by Gasteiger charge is -2.16. The Bertz CT molecular complexity index is 599. The van der Waals surface area contributed by atoms with E-state index in [1.54, 1.807) is 0 Å². The second-order valence-electron chi connectivity index (χ2n) is 5.16. The van der Waals surface area contributed by atoms with E-state index in [4.69, 9.17) is 5.73 Å². The number of benzene rings is 2. The first-order valence-electron chi connectivity index (χ1n) is 7.20. The summed E-state index contributed by atoms with van der Waals surface area (Å²) in [6, 6.07) is 17.7. The molecular weight excluding hydrogens is 276 g/mol. The quantitative estimate of drug-likeness (QED) is 0.811. The molecule has 0 aliphatic carbocycles. The van der Waals surface area contributed by atoms with E-state index in [0.717, 1.165) is 11.1 Å². The maximum Gasteiger partial charge on any atom is 0.237 e. The zero-order valence-corrected chi connectivity index (χ0v) is 12.2. The van der Waals surface area contributed by atoms with E-state index in [1.807, 2.05) is 66.9 Å². The number of amides is 1. The first kappa shape index (κ1) is 15.9. The predicted octanol–water partition coefficient (Wildman–Crippen LogP) is 1.39. The van der Waals surface area contributed by atoms with Gasteiger partial charge in [-0.05, 0) is 17.5 Å². The molecule has 22 heavy (non-hydrogen) atoms. The molecular formula is C18H19N2O2. The molecule has 0 fully saturated rings. The highest BCUT2D eigenvalue weighted by Gasteiger charge is 2.18. The minimum atomic E-state index is -0.686. The van der Waals surface area contributed by atoms with Crippen molar-refractivity contribution in [1.29, 1.82) is 0 Å². The summed E-state index contributed by atoms with van der Waals surface area (Å²) in [7, 11) is 0. The van der Waals surface area contributed by atoms with E-state index in [0.29, 0.717) is 12.8 Å². The molecule has 4 nitrogen and oxygen atoms in total. The number of nitrogens with one attached hydrogen (secondary N) is 1. The summed E-state index contributed by atoms with van der Waals surface area (Å²) in [6.07, 6.45) is 2.71. The molecule has 0 aliphatic rings. The summed E-state index contributed by atoms with van der Waals surface area (Å²) in [5.74, 6) is -0.340. The third kappa shape index (κ3) is 4.82. The first-order chi connectivity index (χ1) is 10.7. The number of hydrogen-bond acceptors (Lipinski definition) is 3. The van der Waals surface area contributed by atoms with E-state index in [2.05, 4.69) is 5.32 Å². The zero-order chi connectivity index (χ0) is 15.8. The van der Waals surface area contributed by atoms with Crippen LogP contribution in [-0.4, -0.2) is 24.3 Å². The van der Waals surface area contributed by atoms with Gasteiger partial charge in [-0.1, -0.05) is 60.7 Å². The molecule has 0 heterocycles. The Morgan fingerprint density at radius 1 is 0.955 bits per heavy atom. The van der Waals surface area contributed by atoms with Crippen LogP contribution in [-0.2, 0) is 22.4 Å². The predicted molar refractivity (Wildman–Crippen MR) is 85.9 cm³/mol. The topological polar surface area (TPSA) is 72.2 Å². The molecule has 113 valence electrons. The number of carbonyl (C=O) groups is 1. The van der Waals surface area contributed by atoms with Crippen molar-refractivity contribution in [3.63, 3.8) is 0 Å². The summed E-state index contributed by atoms with van der Waals surface area (Å²) >= 11 is 0. The van der Waals surface area contributed by atoms with Gasteiger partial charge in [-0.2, -0.15) is 0 Å². The monoisotopic (exact) mass is 295 g/mol. The summed E-state index contributed by atoms with van der Waals surface area (Å²) in [5, 5.41) is 2.65. The number of hydrogen-bond donors (Lipinski definition) is 2. The lowest BCUT2D eigenvalue weighted by atomic mass is 10.0. The van der Waals surface area contributed by atoms with Crippen LogP contribution in [0.25, 0.3) is 0 Å². The lowest BCUT2D eigenvalue weighted by molar-refractivity contribution is -0.122. The second kappa shape index (κ2) is 8.10. The number of carbonyl (C=O) groups excluding carboxylic acids is 2. The van der Waals surface area contributed by atoms with Crippen molar-refractivity contribution in [2.75, 3.05) is 0 Å². The Morgan fingerprint density at radius 3 is 1.95 bits per heavy atom. The molecule has 4 heteroatoms. The molecule has 1 amide bonds. The van der Waals surface area contributed by atoms with E-state index >= 15 is 0 Å². The summed E-state index contributed by atoms with van der Waals surface area (Å²) in [6.45, 7) is 0. The van der Waals surface area contributed by atoms with Crippen LogP contribution in [0, 0.1) is 0 Å². The van der Waals surface area contributed by atoms with Gasteiger partial charge in [-0.25, -0.2) is 0 Å². The summed E-state index contributed by atoms with van der Waals surface area (Å²) in [5.41, 5.74) is 7.86. The Kier molecular flexibility index (Phi) is 5.86. The third-order valence-electron chi connectivity index (χ3n) is 3.38. The van der Waals surface area contributed by atoms with E-state index in [1.165, 1.54) is 0 Å². The maximum absolute atomic E-state index is 12.1. The van der Waals surface area contributed by atoms with Crippen molar-refractivity contribution in [3.05, 3.63) is 71.8 Å². The third-order valence-corrected chi connectivity index (χ3v) is 3.38. The molecule has 0 saturated heterocycles. The molecule has 0 aromatic heterocycles. The van der Waals surface area contributed by atoms with Gasteiger partial charge in [0.05, 0.1) is 12.1 Å². The van der Waals surface area contributed by atoms with Crippen molar-refractivity contribution in [2.45, 2.75) is 24.9 Å². The Morgan fingerprint density at radius 2 is 1.45 bits per heavy atom. The van der Waals surface area contributed by atoms with E-state index < -0.39 is 12.1 Å². The van der Waals surface area contributed by atoms with Gasteiger partial charge in [0.1, 0.15) is 0 Å². The number of nitrogens with two attached hydrogens (primary N) is 1. The Hall–Kier alpha value is -2.46. The molecule has 3 N–H and O–H groups in total. The average molecular weight is 295 g/mol. The van der Waals surface area contributed by atoms with Crippen LogP contribution in [0.5, 0.6) is 0 Å². The fourth-order valence-corrected chi connectivity index (χ4v) is 2.21. The van der Waals surface area contributed by atoms with Crippen molar-refractivity contribution in [1.82, 2.24) is 5.32 Å². The van der Waals surface area contributed by atoms with Gasteiger partial charge in [0.15, 0.2) is 0 Å².